The number of ether oxygens (including phenoxy) is 1. The van der Waals surface area contributed by atoms with Gasteiger partial charge in [-0.05, 0) is 19.1 Å². The summed E-state index contributed by atoms with van der Waals surface area (Å²) in [7, 11) is 0. The lowest BCUT2D eigenvalue weighted by atomic mass is 10.3. The zero-order valence-corrected chi connectivity index (χ0v) is 10.8. The van der Waals surface area contributed by atoms with Gasteiger partial charge in [0.1, 0.15) is 11.6 Å². The third-order valence-electron chi connectivity index (χ3n) is 2.64. The molecule has 0 aliphatic heterocycles. The normalized spacial score (nSPS) is 10.3. The predicted octanol–water partition coefficient (Wildman–Crippen LogP) is 2.56. The molecule has 0 amide bonds. The molecule has 0 bridgehead atoms. The third kappa shape index (κ3) is 2.79. The molecule has 0 spiro atoms. The fraction of sp³-hybridized carbons (Fsp3) is 0.231. The molecule has 1 heterocycles. The minimum Gasteiger partial charge on any atom is -0.435 e. The maximum Gasteiger partial charge on any atom is 0.227 e. The Balaban J connectivity index is 2.42. The summed E-state index contributed by atoms with van der Waals surface area (Å²) in [6.07, 6.45) is 0.628. The molecular weight excluding hydrogens is 247 g/mol. The van der Waals surface area contributed by atoms with E-state index in [1.54, 1.807) is 19.1 Å². The molecule has 19 heavy (non-hydrogen) atoms. The van der Waals surface area contributed by atoms with Crippen LogP contribution in [-0.4, -0.2) is 9.97 Å². The predicted molar refractivity (Wildman–Crippen MR) is 70.4 cm³/mol. The highest BCUT2D eigenvalue weighted by molar-refractivity contribution is 5.48. The molecule has 2 aromatic rings. The summed E-state index contributed by atoms with van der Waals surface area (Å²) in [6, 6.07) is 6.16. The van der Waals surface area contributed by atoms with Gasteiger partial charge in [0, 0.05) is 6.42 Å². The lowest BCUT2D eigenvalue weighted by Gasteiger charge is -2.12. The van der Waals surface area contributed by atoms with E-state index < -0.39 is 5.82 Å². The number of aromatic nitrogens is 2. The Morgan fingerprint density at radius 3 is 2.68 bits per heavy atom. The average molecular weight is 262 g/mol. The molecule has 6 heteroatoms. The second-order valence-corrected chi connectivity index (χ2v) is 3.95. The van der Waals surface area contributed by atoms with Crippen LogP contribution in [0, 0.1) is 12.7 Å². The topological polar surface area (TPSA) is 73.1 Å². The van der Waals surface area contributed by atoms with Crippen molar-refractivity contribution in [3.63, 3.8) is 0 Å². The Morgan fingerprint density at radius 2 is 2.05 bits per heavy atom. The lowest BCUT2D eigenvalue weighted by molar-refractivity contribution is 0.422. The third-order valence-corrected chi connectivity index (χ3v) is 2.64. The molecule has 5 nitrogen and oxygen atoms in total. The van der Waals surface area contributed by atoms with Gasteiger partial charge >= 0.3 is 0 Å². The number of nitrogens with two attached hydrogens (primary N) is 1. The summed E-state index contributed by atoms with van der Waals surface area (Å²) < 4.78 is 19.1. The fourth-order valence-corrected chi connectivity index (χ4v) is 1.57. The van der Waals surface area contributed by atoms with Gasteiger partial charge in [-0.1, -0.05) is 19.1 Å². The number of rotatable bonds is 4. The molecule has 0 atom stereocenters. The Labute approximate surface area is 110 Å². The standard InChI is InChI=1S/C13H15FN4O/c1-3-11-16-12(18-15)8(2)13(17-11)19-10-7-5-4-6-9(10)14/h4-7H,3,15H2,1-2H3,(H,16,17,18). The molecule has 2 rings (SSSR count). The van der Waals surface area contributed by atoms with Gasteiger partial charge in [0.05, 0.1) is 5.56 Å². The zero-order valence-electron chi connectivity index (χ0n) is 10.8. The van der Waals surface area contributed by atoms with E-state index in [0.717, 1.165) is 0 Å². The first-order valence-corrected chi connectivity index (χ1v) is 5.92. The van der Waals surface area contributed by atoms with Crippen molar-refractivity contribution in [2.24, 2.45) is 5.84 Å². The maximum atomic E-state index is 13.6. The Morgan fingerprint density at radius 1 is 1.32 bits per heavy atom. The minimum absolute atomic E-state index is 0.120. The number of nitrogen functional groups attached to an aromatic ring is 1. The number of hydrogen-bond donors (Lipinski definition) is 2. The number of anilines is 1. The summed E-state index contributed by atoms with van der Waals surface area (Å²) >= 11 is 0. The number of hydrazine groups is 1. The Bertz CT molecular complexity index is 589. The van der Waals surface area contributed by atoms with Crippen LogP contribution in [0.5, 0.6) is 11.6 Å². The number of benzene rings is 1. The van der Waals surface area contributed by atoms with E-state index in [1.807, 2.05) is 6.92 Å². The molecule has 0 aliphatic rings. The molecule has 0 fully saturated rings. The van der Waals surface area contributed by atoms with Crippen molar-refractivity contribution in [1.82, 2.24) is 9.97 Å². The first kappa shape index (κ1) is 13.2. The Hall–Kier alpha value is -2.21. The van der Waals surface area contributed by atoms with Gasteiger partial charge in [-0.25, -0.2) is 15.2 Å². The van der Waals surface area contributed by atoms with Gasteiger partial charge in [-0.3, -0.25) is 0 Å². The van der Waals surface area contributed by atoms with Crippen LogP contribution in [0.3, 0.4) is 0 Å². The first-order chi connectivity index (χ1) is 9.15. The molecule has 0 radical (unpaired) electrons. The largest absolute Gasteiger partial charge is 0.435 e. The minimum atomic E-state index is -0.444. The molecule has 0 aliphatic carbocycles. The monoisotopic (exact) mass is 262 g/mol. The van der Waals surface area contributed by atoms with Crippen molar-refractivity contribution in [2.75, 3.05) is 5.43 Å². The summed E-state index contributed by atoms with van der Waals surface area (Å²) in [5.41, 5.74) is 3.11. The van der Waals surface area contributed by atoms with Crippen LogP contribution in [0.25, 0.3) is 0 Å². The Kier molecular flexibility index (Phi) is 3.91. The molecule has 0 saturated carbocycles. The van der Waals surface area contributed by atoms with Crippen LogP contribution in [0.4, 0.5) is 10.2 Å². The van der Waals surface area contributed by atoms with E-state index in [1.165, 1.54) is 12.1 Å². The van der Waals surface area contributed by atoms with Gasteiger partial charge in [-0.2, -0.15) is 4.98 Å². The van der Waals surface area contributed by atoms with Crippen LogP contribution in [0.2, 0.25) is 0 Å². The van der Waals surface area contributed by atoms with Crippen molar-refractivity contribution in [1.29, 1.82) is 0 Å². The highest BCUT2D eigenvalue weighted by Crippen LogP contribution is 2.28. The van der Waals surface area contributed by atoms with E-state index >= 15 is 0 Å². The lowest BCUT2D eigenvalue weighted by Crippen LogP contribution is -2.13. The smallest absolute Gasteiger partial charge is 0.227 e. The quantitative estimate of drug-likeness (QED) is 0.654. The summed E-state index contributed by atoms with van der Waals surface area (Å²) in [6.45, 7) is 3.67. The number of halogens is 1. The van der Waals surface area contributed by atoms with Crippen LogP contribution in [0.1, 0.15) is 18.3 Å². The molecule has 1 aromatic heterocycles. The maximum absolute atomic E-state index is 13.6. The number of nitrogens with zero attached hydrogens (tertiary/aromatic N) is 2. The number of para-hydroxylation sites is 1. The highest BCUT2D eigenvalue weighted by atomic mass is 19.1. The van der Waals surface area contributed by atoms with Crippen LogP contribution >= 0.6 is 0 Å². The highest BCUT2D eigenvalue weighted by Gasteiger charge is 2.13. The summed E-state index contributed by atoms with van der Waals surface area (Å²) in [4.78, 5) is 8.45. The molecule has 0 unspecified atom stereocenters. The summed E-state index contributed by atoms with van der Waals surface area (Å²) in [5, 5.41) is 0. The van der Waals surface area contributed by atoms with E-state index in [4.69, 9.17) is 10.6 Å². The molecule has 100 valence electrons. The van der Waals surface area contributed by atoms with Crippen LogP contribution < -0.4 is 16.0 Å². The number of nitrogens with one attached hydrogen (secondary N) is 1. The SMILES string of the molecule is CCc1nc(NN)c(C)c(Oc2ccccc2F)n1. The van der Waals surface area contributed by atoms with Gasteiger partial charge in [0.2, 0.25) is 5.88 Å². The second-order valence-electron chi connectivity index (χ2n) is 3.95. The van der Waals surface area contributed by atoms with Crippen molar-refractivity contribution in [3.05, 3.63) is 41.5 Å². The van der Waals surface area contributed by atoms with Crippen molar-refractivity contribution < 1.29 is 9.13 Å². The van der Waals surface area contributed by atoms with E-state index in [9.17, 15) is 4.39 Å². The molecule has 0 saturated heterocycles. The fourth-order valence-electron chi connectivity index (χ4n) is 1.57. The van der Waals surface area contributed by atoms with Crippen molar-refractivity contribution >= 4 is 5.82 Å². The summed E-state index contributed by atoms with van der Waals surface area (Å²) in [5.74, 6) is 6.41. The van der Waals surface area contributed by atoms with Gasteiger partial charge in [-0.15, -0.1) is 0 Å². The van der Waals surface area contributed by atoms with E-state index in [2.05, 4.69) is 15.4 Å². The van der Waals surface area contributed by atoms with Crippen LogP contribution in [0.15, 0.2) is 24.3 Å². The molecule has 3 N–H and O–H groups in total. The van der Waals surface area contributed by atoms with E-state index in [0.29, 0.717) is 29.5 Å². The van der Waals surface area contributed by atoms with Gasteiger partial charge in [0.15, 0.2) is 11.6 Å². The van der Waals surface area contributed by atoms with Crippen molar-refractivity contribution in [2.45, 2.75) is 20.3 Å². The molecule has 1 aromatic carbocycles. The number of aryl methyl sites for hydroxylation is 1. The van der Waals surface area contributed by atoms with Gasteiger partial charge < -0.3 is 10.2 Å². The zero-order chi connectivity index (χ0) is 13.8. The van der Waals surface area contributed by atoms with Crippen molar-refractivity contribution in [3.8, 4) is 11.6 Å². The van der Waals surface area contributed by atoms with Crippen LogP contribution in [-0.2, 0) is 6.42 Å². The van der Waals surface area contributed by atoms with E-state index in [-0.39, 0.29) is 5.75 Å². The first-order valence-electron chi connectivity index (χ1n) is 5.92. The second kappa shape index (κ2) is 5.62. The molecular formula is C13H15FN4O. The van der Waals surface area contributed by atoms with Gasteiger partial charge in [0.25, 0.3) is 0 Å². The number of hydrogen-bond acceptors (Lipinski definition) is 5. The average Bonchev–Trinajstić information content (AvgIpc) is 2.43.